The van der Waals surface area contributed by atoms with Crippen LogP contribution in [0.4, 0.5) is 0 Å². The second-order valence-electron chi connectivity index (χ2n) is 5.00. The van der Waals surface area contributed by atoms with Gasteiger partial charge in [-0.2, -0.15) is 0 Å². The average Bonchev–Trinajstić information content (AvgIpc) is 2.98. The number of rotatable bonds is 3. The summed E-state index contributed by atoms with van der Waals surface area (Å²) >= 11 is 1.65. The van der Waals surface area contributed by atoms with Gasteiger partial charge in [-0.15, -0.1) is 11.3 Å². The Bertz CT molecular complexity index is 551. The van der Waals surface area contributed by atoms with Crippen molar-refractivity contribution < 1.29 is 5.11 Å². The second kappa shape index (κ2) is 4.86. The van der Waals surface area contributed by atoms with Crippen LogP contribution in [0.3, 0.4) is 0 Å². The lowest BCUT2D eigenvalue weighted by Gasteiger charge is -2.26. The molecule has 1 N–H and O–H groups in total. The number of aliphatic hydroxyl groups is 1. The van der Waals surface area contributed by atoms with E-state index in [-0.39, 0.29) is 6.10 Å². The standard InChI is InChI=1S/C14H18N2OS/c1-2-11-13(16-9-15-8-12(16)18-11)14(17)10-6-4-3-5-7-10/h2,8-10,14,17H,1,3-7H2/t14-/m0/s1. The molecule has 3 nitrogen and oxygen atoms in total. The number of aromatic nitrogens is 2. The molecule has 18 heavy (non-hydrogen) atoms. The Balaban J connectivity index is 2.00. The van der Waals surface area contributed by atoms with E-state index in [1.54, 1.807) is 17.7 Å². The highest BCUT2D eigenvalue weighted by atomic mass is 32.1. The van der Waals surface area contributed by atoms with Gasteiger partial charge in [-0.25, -0.2) is 4.98 Å². The summed E-state index contributed by atoms with van der Waals surface area (Å²) in [6.45, 7) is 3.86. The molecule has 1 atom stereocenters. The van der Waals surface area contributed by atoms with Crippen molar-refractivity contribution in [3.8, 4) is 0 Å². The van der Waals surface area contributed by atoms with Gasteiger partial charge >= 0.3 is 0 Å². The third-order valence-electron chi connectivity index (χ3n) is 3.89. The molecular formula is C14H18N2OS. The maximum Gasteiger partial charge on any atom is 0.120 e. The number of aliphatic hydroxyl groups excluding tert-OH is 1. The zero-order valence-electron chi connectivity index (χ0n) is 10.4. The summed E-state index contributed by atoms with van der Waals surface area (Å²) in [6.07, 6.45) is 11.1. The lowest BCUT2D eigenvalue weighted by atomic mass is 9.84. The van der Waals surface area contributed by atoms with E-state index in [1.807, 2.05) is 16.7 Å². The molecule has 0 spiro atoms. The van der Waals surface area contributed by atoms with Gasteiger partial charge in [0.2, 0.25) is 0 Å². The van der Waals surface area contributed by atoms with Gasteiger partial charge in [0.1, 0.15) is 11.2 Å². The van der Waals surface area contributed by atoms with E-state index in [9.17, 15) is 5.11 Å². The highest BCUT2D eigenvalue weighted by Crippen LogP contribution is 2.38. The van der Waals surface area contributed by atoms with Gasteiger partial charge in [0.05, 0.1) is 22.9 Å². The molecule has 3 rings (SSSR count). The van der Waals surface area contributed by atoms with Crippen LogP contribution in [0.2, 0.25) is 0 Å². The van der Waals surface area contributed by atoms with Crippen molar-refractivity contribution in [3.05, 3.63) is 29.7 Å². The molecular weight excluding hydrogens is 244 g/mol. The van der Waals surface area contributed by atoms with Gasteiger partial charge in [-0.05, 0) is 18.8 Å². The van der Waals surface area contributed by atoms with Crippen LogP contribution in [0.15, 0.2) is 19.1 Å². The van der Waals surface area contributed by atoms with Crippen molar-refractivity contribution in [2.24, 2.45) is 5.92 Å². The van der Waals surface area contributed by atoms with Gasteiger partial charge in [0, 0.05) is 0 Å². The van der Waals surface area contributed by atoms with Crippen LogP contribution in [0.5, 0.6) is 0 Å². The highest BCUT2D eigenvalue weighted by molar-refractivity contribution is 7.18. The number of fused-ring (bicyclic) bond motifs is 1. The summed E-state index contributed by atoms with van der Waals surface area (Å²) in [5, 5.41) is 10.7. The van der Waals surface area contributed by atoms with E-state index in [0.717, 1.165) is 28.2 Å². The number of hydrogen-bond donors (Lipinski definition) is 1. The van der Waals surface area contributed by atoms with Crippen molar-refractivity contribution in [1.29, 1.82) is 0 Å². The minimum absolute atomic E-state index is 0.387. The summed E-state index contributed by atoms with van der Waals surface area (Å²) in [7, 11) is 0. The minimum atomic E-state index is -0.388. The average molecular weight is 262 g/mol. The minimum Gasteiger partial charge on any atom is -0.387 e. The highest BCUT2D eigenvalue weighted by Gasteiger charge is 2.27. The molecule has 0 saturated heterocycles. The fourth-order valence-electron chi connectivity index (χ4n) is 2.93. The predicted molar refractivity (Wildman–Crippen MR) is 74.7 cm³/mol. The summed E-state index contributed by atoms with van der Waals surface area (Å²) in [5.41, 5.74) is 0.981. The largest absolute Gasteiger partial charge is 0.387 e. The molecule has 0 radical (unpaired) electrons. The van der Waals surface area contributed by atoms with Crippen molar-refractivity contribution in [3.63, 3.8) is 0 Å². The first-order chi connectivity index (χ1) is 8.81. The number of imidazole rings is 1. The normalized spacial score (nSPS) is 19.2. The van der Waals surface area contributed by atoms with Crippen LogP contribution in [0.1, 0.15) is 48.8 Å². The van der Waals surface area contributed by atoms with Gasteiger partial charge in [0.15, 0.2) is 0 Å². The maximum atomic E-state index is 10.7. The number of thiazole rings is 1. The van der Waals surface area contributed by atoms with E-state index in [0.29, 0.717) is 5.92 Å². The van der Waals surface area contributed by atoms with Crippen LogP contribution in [0, 0.1) is 5.92 Å². The summed E-state index contributed by atoms with van der Waals surface area (Å²) < 4.78 is 2.01. The smallest absolute Gasteiger partial charge is 0.120 e. The third kappa shape index (κ3) is 1.89. The molecule has 2 heterocycles. The van der Waals surface area contributed by atoms with Crippen LogP contribution >= 0.6 is 11.3 Å². The first kappa shape index (κ1) is 11.9. The molecule has 0 bridgehead atoms. The van der Waals surface area contributed by atoms with E-state index >= 15 is 0 Å². The number of nitrogens with zero attached hydrogens (tertiary/aromatic N) is 2. The topological polar surface area (TPSA) is 37.5 Å². The summed E-state index contributed by atoms with van der Waals surface area (Å²) in [6, 6.07) is 0. The van der Waals surface area contributed by atoms with Gasteiger partial charge in [-0.3, -0.25) is 4.40 Å². The van der Waals surface area contributed by atoms with Crippen molar-refractivity contribution in [2.45, 2.75) is 38.2 Å². The second-order valence-corrected chi connectivity index (χ2v) is 6.06. The van der Waals surface area contributed by atoms with Gasteiger partial charge in [-0.1, -0.05) is 31.9 Å². The van der Waals surface area contributed by atoms with Crippen molar-refractivity contribution in [2.75, 3.05) is 0 Å². The first-order valence-corrected chi connectivity index (χ1v) is 7.38. The van der Waals surface area contributed by atoms with E-state index in [1.165, 1.54) is 19.3 Å². The fraction of sp³-hybridized carbons (Fsp3) is 0.500. The summed E-state index contributed by atoms with van der Waals surface area (Å²) in [4.78, 5) is 6.31. The van der Waals surface area contributed by atoms with Crippen molar-refractivity contribution in [1.82, 2.24) is 9.38 Å². The lowest BCUT2D eigenvalue weighted by molar-refractivity contribution is 0.0805. The Morgan fingerprint density at radius 2 is 2.22 bits per heavy atom. The van der Waals surface area contributed by atoms with Crippen LogP contribution in [-0.2, 0) is 0 Å². The predicted octanol–water partition coefficient (Wildman–Crippen LogP) is 3.65. The third-order valence-corrected chi connectivity index (χ3v) is 5.00. The van der Waals surface area contributed by atoms with Crippen LogP contribution in [0.25, 0.3) is 10.9 Å². The Labute approximate surface area is 111 Å². The molecule has 0 amide bonds. The Morgan fingerprint density at radius 3 is 2.94 bits per heavy atom. The zero-order valence-corrected chi connectivity index (χ0v) is 11.2. The quantitative estimate of drug-likeness (QED) is 0.916. The van der Waals surface area contributed by atoms with E-state index < -0.39 is 0 Å². The van der Waals surface area contributed by atoms with Crippen LogP contribution in [-0.4, -0.2) is 14.5 Å². The Kier molecular flexibility index (Phi) is 3.22. The molecule has 0 aromatic carbocycles. The lowest BCUT2D eigenvalue weighted by Crippen LogP contribution is -2.17. The molecule has 2 aromatic heterocycles. The fourth-order valence-corrected chi connectivity index (χ4v) is 3.92. The van der Waals surface area contributed by atoms with Crippen molar-refractivity contribution >= 4 is 22.2 Å². The maximum absolute atomic E-state index is 10.7. The zero-order chi connectivity index (χ0) is 12.5. The number of hydrogen-bond acceptors (Lipinski definition) is 3. The van der Waals surface area contributed by atoms with E-state index in [2.05, 4.69) is 11.6 Å². The SMILES string of the molecule is C=Cc1sc2cncn2c1[C@@H](O)C1CCCCC1. The first-order valence-electron chi connectivity index (χ1n) is 6.56. The van der Waals surface area contributed by atoms with Gasteiger partial charge < -0.3 is 5.11 Å². The molecule has 1 aliphatic carbocycles. The Hall–Kier alpha value is -1.13. The molecule has 1 saturated carbocycles. The van der Waals surface area contributed by atoms with E-state index in [4.69, 9.17) is 0 Å². The Morgan fingerprint density at radius 1 is 1.44 bits per heavy atom. The van der Waals surface area contributed by atoms with Crippen LogP contribution < -0.4 is 0 Å². The molecule has 1 aliphatic rings. The summed E-state index contributed by atoms with van der Waals surface area (Å²) in [5.74, 6) is 0.387. The molecule has 0 unspecified atom stereocenters. The monoisotopic (exact) mass is 262 g/mol. The van der Waals surface area contributed by atoms with Gasteiger partial charge in [0.25, 0.3) is 0 Å². The molecule has 96 valence electrons. The molecule has 1 fully saturated rings. The molecule has 0 aliphatic heterocycles. The molecule has 4 heteroatoms. The molecule has 2 aromatic rings.